The Morgan fingerprint density at radius 1 is 1.00 bits per heavy atom. The molecule has 4 heterocycles. The zero-order valence-corrected chi connectivity index (χ0v) is 17.5. The Hall–Kier alpha value is -2.19. The predicted molar refractivity (Wildman–Crippen MR) is 112 cm³/mol. The van der Waals surface area contributed by atoms with E-state index in [1.165, 1.54) is 37.1 Å². The van der Waals surface area contributed by atoms with E-state index in [9.17, 15) is 0 Å². The lowest BCUT2D eigenvalue weighted by molar-refractivity contribution is 0.0799. The number of hydrogen-bond donors (Lipinski definition) is 0. The van der Waals surface area contributed by atoms with Crippen molar-refractivity contribution in [1.82, 2.24) is 24.6 Å². The lowest BCUT2D eigenvalue weighted by Gasteiger charge is -2.39. The minimum atomic E-state index is 0.562. The van der Waals surface area contributed by atoms with Crippen molar-refractivity contribution >= 4 is 11.6 Å². The molecule has 2 fully saturated rings. The van der Waals surface area contributed by atoms with E-state index in [2.05, 4.69) is 36.6 Å². The molecule has 2 aliphatic heterocycles. The van der Waals surface area contributed by atoms with Crippen LogP contribution in [0.1, 0.15) is 37.1 Å². The van der Waals surface area contributed by atoms with Gasteiger partial charge in [0.1, 0.15) is 18.0 Å². The largest absolute Gasteiger partial charge is 0.373 e. The number of anilines is 2. The van der Waals surface area contributed by atoms with Crippen LogP contribution in [0, 0.1) is 0 Å². The summed E-state index contributed by atoms with van der Waals surface area (Å²) in [4.78, 5) is 16.2. The van der Waals surface area contributed by atoms with Crippen LogP contribution in [-0.4, -0.2) is 70.5 Å². The van der Waals surface area contributed by atoms with Crippen molar-refractivity contribution in [3.63, 3.8) is 0 Å². The Balaban J connectivity index is 1.23. The molecule has 0 spiro atoms. The number of likely N-dealkylation sites (tertiary alicyclic amines) is 1. The summed E-state index contributed by atoms with van der Waals surface area (Å²) in [5.41, 5.74) is 2.39. The predicted octanol–water partition coefficient (Wildman–Crippen LogP) is 1.90. The van der Waals surface area contributed by atoms with E-state index in [0.29, 0.717) is 18.7 Å². The van der Waals surface area contributed by atoms with Crippen molar-refractivity contribution in [3.05, 3.63) is 29.8 Å². The smallest absolute Gasteiger partial charge is 0.134 e. The van der Waals surface area contributed by atoms with Gasteiger partial charge in [-0.1, -0.05) is 0 Å². The normalized spacial score (nSPS) is 20.5. The minimum absolute atomic E-state index is 0.562. The SMILES string of the molecule is CN(C)c1cc(N(C2CC2)C2CCN(Cc3cc4n(n3)CCOC4)CC2)ncn1. The Morgan fingerprint density at radius 3 is 2.48 bits per heavy atom. The fraction of sp³-hybridized carbons (Fsp3) is 0.667. The maximum atomic E-state index is 5.54. The first-order valence-corrected chi connectivity index (χ1v) is 10.8. The van der Waals surface area contributed by atoms with Gasteiger partial charge < -0.3 is 14.5 Å². The van der Waals surface area contributed by atoms with Gasteiger partial charge in [0.25, 0.3) is 0 Å². The molecule has 1 saturated heterocycles. The fourth-order valence-corrected chi connectivity index (χ4v) is 4.56. The highest BCUT2D eigenvalue weighted by Crippen LogP contribution is 2.36. The Kier molecular flexibility index (Phi) is 5.13. The van der Waals surface area contributed by atoms with Crippen LogP contribution < -0.4 is 9.80 Å². The van der Waals surface area contributed by atoms with Crippen LogP contribution in [0.2, 0.25) is 0 Å². The zero-order valence-electron chi connectivity index (χ0n) is 17.5. The second-order valence-corrected chi connectivity index (χ2v) is 8.68. The first-order chi connectivity index (χ1) is 14.2. The van der Waals surface area contributed by atoms with Crippen LogP contribution in [-0.2, 0) is 24.4 Å². The van der Waals surface area contributed by atoms with Crippen molar-refractivity contribution in [2.45, 2.75) is 57.5 Å². The third-order valence-corrected chi connectivity index (χ3v) is 6.25. The highest BCUT2D eigenvalue weighted by molar-refractivity contribution is 5.51. The maximum absolute atomic E-state index is 5.54. The Bertz CT molecular complexity index is 816. The van der Waals surface area contributed by atoms with Gasteiger partial charge in [0.2, 0.25) is 0 Å². The topological polar surface area (TPSA) is 62.5 Å². The lowest BCUT2D eigenvalue weighted by atomic mass is 10.0. The van der Waals surface area contributed by atoms with E-state index in [0.717, 1.165) is 44.4 Å². The lowest BCUT2D eigenvalue weighted by Crippen LogP contribution is -2.46. The first kappa shape index (κ1) is 18.8. The van der Waals surface area contributed by atoms with Crippen LogP contribution in [0.4, 0.5) is 11.6 Å². The molecular weight excluding hydrogens is 366 g/mol. The molecule has 0 amide bonds. The molecule has 8 heteroatoms. The van der Waals surface area contributed by atoms with Gasteiger partial charge in [0.15, 0.2) is 0 Å². The third kappa shape index (κ3) is 4.09. The van der Waals surface area contributed by atoms with Gasteiger partial charge in [0, 0.05) is 51.9 Å². The first-order valence-electron chi connectivity index (χ1n) is 10.8. The molecule has 0 radical (unpaired) electrons. The number of ether oxygens (including phenoxy) is 1. The molecule has 0 N–H and O–H groups in total. The fourth-order valence-electron chi connectivity index (χ4n) is 4.56. The van der Waals surface area contributed by atoms with Crippen LogP contribution in [0.25, 0.3) is 0 Å². The summed E-state index contributed by atoms with van der Waals surface area (Å²) in [5.74, 6) is 2.07. The maximum Gasteiger partial charge on any atom is 0.134 e. The molecule has 0 atom stereocenters. The molecule has 1 aliphatic carbocycles. The summed E-state index contributed by atoms with van der Waals surface area (Å²) in [6.07, 6.45) is 6.62. The molecule has 1 saturated carbocycles. The quantitative estimate of drug-likeness (QED) is 0.738. The van der Waals surface area contributed by atoms with Crippen molar-refractivity contribution in [1.29, 1.82) is 0 Å². The van der Waals surface area contributed by atoms with Crippen molar-refractivity contribution in [3.8, 4) is 0 Å². The van der Waals surface area contributed by atoms with Gasteiger partial charge in [-0.15, -0.1) is 0 Å². The van der Waals surface area contributed by atoms with Crippen molar-refractivity contribution in [2.24, 2.45) is 0 Å². The van der Waals surface area contributed by atoms with E-state index in [1.54, 1.807) is 6.33 Å². The minimum Gasteiger partial charge on any atom is -0.373 e. The summed E-state index contributed by atoms with van der Waals surface area (Å²) in [5, 5.41) is 4.77. The number of fused-ring (bicyclic) bond motifs is 1. The number of piperidine rings is 1. The van der Waals surface area contributed by atoms with E-state index in [4.69, 9.17) is 9.84 Å². The van der Waals surface area contributed by atoms with Crippen molar-refractivity contribution < 1.29 is 4.74 Å². The van der Waals surface area contributed by atoms with Crippen molar-refractivity contribution in [2.75, 3.05) is 43.6 Å². The molecule has 3 aliphatic rings. The van der Waals surface area contributed by atoms with E-state index in [1.807, 2.05) is 19.0 Å². The van der Waals surface area contributed by atoms with Crippen LogP contribution >= 0.6 is 0 Å². The Labute approximate surface area is 172 Å². The number of hydrogen-bond acceptors (Lipinski definition) is 7. The van der Waals surface area contributed by atoms with Crippen LogP contribution in [0.3, 0.4) is 0 Å². The van der Waals surface area contributed by atoms with Gasteiger partial charge >= 0.3 is 0 Å². The molecule has 156 valence electrons. The molecule has 8 nitrogen and oxygen atoms in total. The van der Waals surface area contributed by atoms with E-state index < -0.39 is 0 Å². The average molecular weight is 398 g/mol. The number of nitrogens with zero attached hydrogens (tertiary/aromatic N) is 7. The second kappa shape index (κ2) is 7.91. The molecular formula is C21H31N7O. The Morgan fingerprint density at radius 2 is 1.76 bits per heavy atom. The monoisotopic (exact) mass is 397 g/mol. The summed E-state index contributed by atoms with van der Waals surface area (Å²) in [6.45, 7) is 5.50. The molecule has 2 aromatic heterocycles. The van der Waals surface area contributed by atoms with Gasteiger partial charge in [-0.25, -0.2) is 9.97 Å². The summed E-state index contributed by atoms with van der Waals surface area (Å²) >= 11 is 0. The molecule has 5 rings (SSSR count). The van der Waals surface area contributed by atoms with E-state index >= 15 is 0 Å². The third-order valence-electron chi connectivity index (χ3n) is 6.25. The van der Waals surface area contributed by atoms with E-state index in [-0.39, 0.29) is 0 Å². The highest BCUT2D eigenvalue weighted by Gasteiger charge is 2.36. The molecule has 0 unspecified atom stereocenters. The molecule has 0 aromatic carbocycles. The number of rotatable bonds is 6. The molecule has 29 heavy (non-hydrogen) atoms. The zero-order chi connectivity index (χ0) is 19.8. The average Bonchev–Trinajstić information content (AvgIpc) is 3.48. The molecule has 2 aromatic rings. The number of aromatic nitrogens is 4. The summed E-state index contributed by atoms with van der Waals surface area (Å²) < 4.78 is 7.65. The van der Waals surface area contributed by atoms with Gasteiger partial charge in [-0.3, -0.25) is 9.58 Å². The van der Waals surface area contributed by atoms with Gasteiger partial charge in [-0.05, 0) is 31.7 Å². The highest BCUT2D eigenvalue weighted by atomic mass is 16.5. The van der Waals surface area contributed by atoms with Crippen LogP contribution in [0.15, 0.2) is 18.5 Å². The van der Waals surface area contributed by atoms with Crippen LogP contribution in [0.5, 0.6) is 0 Å². The second-order valence-electron chi connectivity index (χ2n) is 8.68. The summed E-state index contributed by atoms with van der Waals surface area (Å²) in [6, 6.07) is 5.57. The van der Waals surface area contributed by atoms with Gasteiger partial charge in [0.05, 0.1) is 31.1 Å². The molecule has 0 bridgehead atoms. The summed E-state index contributed by atoms with van der Waals surface area (Å²) in [7, 11) is 4.07. The standard InChI is InChI=1S/C21H31N7O/c1-25(2)20-12-21(23-15-22-20)28(17-3-4-17)18-5-7-26(8-6-18)13-16-11-19-14-29-10-9-27(19)24-16/h11-12,15,17-18H,3-10,13-14H2,1-2H3. The van der Waals surface area contributed by atoms with Gasteiger partial charge in [-0.2, -0.15) is 5.10 Å².